The molecule has 1 amide bonds. The van der Waals surface area contributed by atoms with Crippen molar-refractivity contribution in [2.24, 2.45) is 0 Å². The van der Waals surface area contributed by atoms with Gasteiger partial charge in [0.05, 0.1) is 0 Å². The monoisotopic (exact) mass is 171 g/mol. The zero-order valence-corrected chi connectivity index (χ0v) is 8.85. The lowest BCUT2D eigenvalue weighted by Crippen LogP contribution is -2.47. The SMILES string of the molecule is C=C[Si](C)(C)N(C)C(=O)CC. The molecule has 11 heavy (non-hydrogen) atoms. The van der Waals surface area contributed by atoms with Crippen molar-refractivity contribution in [2.75, 3.05) is 7.05 Å². The molecule has 0 rings (SSSR count). The fraction of sp³-hybridized carbons (Fsp3) is 0.625. The van der Waals surface area contributed by atoms with E-state index in [9.17, 15) is 4.79 Å². The fourth-order valence-corrected chi connectivity index (χ4v) is 1.77. The first-order valence-electron chi connectivity index (χ1n) is 3.86. The van der Waals surface area contributed by atoms with Gasteiger partial charge in [0.25, 0.3) is 0 Å². The maximum absolute atomic E-state index is 11.2. The highest BCUT2D eigenvalue weighted by atomic mass is 28.3. The summed E-state index contributed by atoms with van der Waals surface area (Å²) in [6.07, 6.45) is 0.584. The van der Waals surface area contributed by atoms with Crippen LogP contribution in [0.3, 0.4) is 0 Å². The first kappa shape index (κ1) is 10.4. The molecule has 0 aromatic heterocycles. The van der Waals surface area contributed by atoms with Gasteiger partial charge >= 0.3 is 0 Å². The van der Waals surface area contributed by atoms with Gasteiger partial charge in [-0.15, -0.1) is 6.58 Å². The first-order valence-corrected chi connectivity index (χ1v) is 6.88. The molecule has 0 aliphatic rings. The van der Waals surface area contributed by atoms with Crippen LogP contribution in [0.15, 0.2) is 12.3 Å². The third kappa shape index (κ3) is 2.50. The maximum Gasteiger partial charge on any atom is 0.214 e. The van der Waals surface area contributed by atoms with Gasteiger partial charge in [0.15, 0.2) is 8.24 Å². The minimum absolute atomic E-state index is 0.210. The lowest BCUT2D eigenvalue weighted by molar-refractivity contribution is -0.125. The van der Waals surface area contributed by atoms with Crippen molar-refractivity contribution in [3.63, 3.8) is 0 Å². The van der Waals surface area contributed by atoms with E-state index in [0.29, 0.717) is 6.42 Å². The second-order valence-electron chi connectivity index (χ2n) is 3.16. The second kappa shape index (κ2) is 3.71. The van der Waals surface area contributed by atoms with Crippen molar-refractivity contribution in [1.82, 2.24) is 4.57 Å². The summed E-state index contributed by atoms with van der Waals surface area (Å²) < 4.78 is 1.85. The van der Waals surface area contributed by atoms with Gasteiger partial charge in [0.1, 0.15) is 0 Å². The molecule has 3 heteroatoms. The molecule has 0 spiro atoms. The largest absolute Gasteiger partial charge is 0.369 e. The van der Waals surface area contributed by atoms with Crippen molar-refractivity contribution >= 4 is 14.1 Å². The average Bonchev–Trinajstić information content (AvgIpc) is 2.01. The van der Waals surface area contributed by atoms with Gasteiger partial charge in [-0.1, -0.05) is 12.6 Å². The van der Waals surface area contributed by atoms with E-state index in [2.05, 4.69) is 19.7 Å². The number of rotatable bonds is 3. The Morgan fingerprint density at radius 1 is 1.64 bits per heavy atom. The predicted molar refractivity (Wildman–Crippen MR) is 50.7 cm³/mol. The Hall–Kier alpha value is -0.573. The average molecular weight is 171 g/mol. The van der Waals surface area contributed by atoms with E-state index in [1.54, 1.807) is 0 Å². The van der Waals surface area contributed by atoms with Crippen molar-refractivity contribution in [1.29, 1.82) is 0 Å². The zero-order chi connectivity index (χ0) is 9.07. The van der Waals surface area contributed by atoms with Gasteiger partial charge in [-0.05, 0) is 13.1 Å². The predicted octanol–water partition coefficient (Wildman–Crippen LogP) is 1.79. The Balaban J connectivity index is 4.34. The van der Waals surface area contributed by atoms with E-state index in [1.165, 1.54) is 0 Å². The van der Waals surface area contributed by atoms with E-state index in [0.717, 1.165) is 0 Å². The molecule has 0 N–H and O–H groups in total. The van der Waals surface area contributed by atoms with Crippen molar-refractivity contribution < 1.29 is 4.79 Å². The summed E-state index contributed by atoms with van der Waals surface area (Å²) in [4.78, 5) is 11.2. The Kier molecular flexibility index (Phi) is 3.52. The smallest absolute Gasteiger partial charge is 0.214 e. The van der Waals surface area contributed by atoms with E-state index in [1.807, 2.05) is 24.2 Å². The van der Waals surface area contributed by atoms with Crippen LogP contribution in [0.25, 0.3) is 0 Å². The molecule has 0 saturated carbocycles. The fourth-order valence-electron chi connectivity index (χ4n) is 0.695. The minimum Gasteiger partial charge on any atom is -0.369 e. The van der Waals surface area contributed by atoms with Crippen LogP contribution in [0.2, 0.25) is 13.1 Å². The molecule has 0 saturated heterocycles. The van der Waals surface area contributed by atoms with Gasteiger partial charge < -0.3 is 4.57 Å². The highest BCUT2D eigenvalue weighted by Gasteiger charge is 2.25. The molecule has 0 unspecified atom stereocenters. The van der Waals surface area contributed by atoms with Crippen LogP contribution in [0, 0.1) is 0 Å². The van der Waals surface area contributed by atoms with Gasteiger partial charge in [-0.25, -0.2) is 0 Å². The number of hydrogen-bond donors (Lipinski definition) is 0. The molecule has 0 bridgehead atoms. The summed E-state index contributed by atoms with van der Waals surface area (Å²) in [5, 5.41) is 0. The second-order valence-corrected chi connectivity index (χ2v) is 7.55. The molecule has 2 nitrogen and oxygen atoms in total. The summed E-state index contributed by atoms with van der Waals surface area (Å²) in [5.74, 6) is 0.210. The van der Waals surface area contributed by atoms with Gasteiger partial charge in [0, 0.05) is 13.5 Å². The highest BCUT2D eigenvalue weighted by molar-refractivity contribution is 6.81. The number of hydrogen-bond acceptors (Lipinski definition) is 1. The van der Waals surface area contributed by atoms with E-state index in [4.69, 9.17) is 0 Å². The molecule has 0 aromatic carbocycles. The minimum atomic E-state index is -1.62. The molecule has 0 aromatic rings. The first-order chi connectivity index (χ1) is 4.95. The molecular formula is C8H17NOSi. The number of carbonyl (C=O) groups excluding carboxylic acids is 1. The van der Waals surface area contributed by atoms with E-state index >= 15 is 0 Å². The highest BCUT2D eigenvalue weighted by Crippen LogP contribution is 2.09. The number of amides is 1. The summed E-state index contributed by atoms with van der Waals surface area (Å²) in [5.41, 5.74) is 1.92. The molecular weight excluding hydrogens is 154 g/mol. The summed E-state index contributed by atoms with van der Waals surface area (Å²) >= 11 is 0. The molecule has 0 aliphatic carbocycles. The Morgan fingerprint density at radius 2 is 2.09 bits per heavy atom. The van der Waals surface area contributed by atoms with Crippen molar-refractivity contribution in [2.45, 2.75) is 26.4 Å². The normalized spacial score (nSPS) is 10.9. The summed E-state index contributed by atoms with van der Waals surface area (Å²) in [7, 11) is 0.244. The maximum atomic E-state index is 11.2. The standard InChI is InChI=1S/C8H17NOSi/c1-6-8(10)9(3)11(4,5)7-2/h7H,2,6H2,1,3-5H3. The van der Waals surface area contributed by atoms with Gasteiger partial charge in [-0.3, -0.25) is 4.79 Å². The van der Waals surface area contributed by atoms with E-state index < -0.39 is 8.24 Å². The molecule has 64 valence electrons. The molecule has 0 heterocycles. The lowest BCUT2D eigenvalue weighted by atomic mass is 10.5. The lowest BCUT2D eigenvalue weighted by Gasteiger charge is -2.30. The van der Waals surface area contributed by atoms with Crippen LogP contribution in [-0.2, 0) is 4.79 Å². The molecule has 0 atom stereocenters. The van der Waals surface area contributed by atoms with Crippen LogP contribution >= 0.6 is 0 Å². The van der Waals surface area contributed by atoms with Crippen LogP contribution in [-0.4, -0.2) is 25.8 Å². The quantitative estimate of drug-likeness (QED) is 0.593. The molecule has 0 aliphatic heterocycles. The Labute approximate surface area is 70.0 Å². The van der Waals surface area contributed by atoms with Crippen LogP contribution in [0.1, 0.15) is 13.3 Å². The van der Waals surface area contributed by atoms with Crippen LogP contribution in [0.5, 0.6) is 0 Å². The van der Waals surface area contributed by atoms with Gasteiger partial charge in [-0.2, -0.15) is 0 Å². The third-order valence-electron chi connectivity index (χ3n) is 2.04. The van der Waals surface area contributed by atoms with Crippen molar-refractivity contribution in [3.05, 3.63) is 12.3 Å². The molecule has 0 radical (unpaired) electrons. The Bertz CT molecular complexity index is 165. The van der Waals surface area contributed by atoms with Crippen LogP contribution < -0.4 is 0 Å². The third-order valence-corrected chi connectivity index (χ3v) is 5.02. The van der Waals surface area contributed by atoms with Gasteiger partial charge in [0.2, 0.25) is 5.91 Å². The number of carbonyl (C=O) groups is 1. The van der Waals surface area contributed by atoms with Crippen molar-refractivity contribution in [3.8, 4) is 0 Å². The zero-order valence-electron chi connectivity index (χ0n) is 7.85. The topological polar surface area (TPSA) is 20.3 Å². The number of nitrogens with zero attached hydrogens (tertiary/aromatic N) is 1. The molecule has 0 fully saturated rings. The van der Waals surface area contributed by atoms with Crippen LogP contribution in [0.4, 0.5) is 0 Å². The van der Waals surface area contributed by atoms with E-state index in [-0.39, 0.29) is 5.91 Å². The Morgan fingerprint density at radius 3 is 2.36 bits per heavy atom. The summed E-state index contributed by atoms with van der Waals surface area (Å²) in [6.45, 7) is 9.83. The summed E-state index contributed by atoms with van der Waals surface area (Å²) in [6, 6.07) is 0.